The Morgan fingerprint density at radius 1 is 1.30 bits per heavy atom. The normalized spacial score (nSPS) is 11.3. The van der Waals surface area contributed by atoms with Crippen LogP contribution in [0.15, 0.2) is 33.2 Å². The Morgan fingerprint density at radius 3 is 2.83 bits per heavy atom. The third-order valence-corrected chi connectivity index (χ3v) is 5.19. The van der Waals surface area contributed by atoms with Gasteiger partial charge in [-0.2, -0.15) is 0 Å². The third-order valence-electron chi connectivity index (χ3n) is 3.70. The lowest BCUT2D eigenvalue weighted by atomic mass is 10.1. The Balaban J connectivity index is 1.78. The Morgan fingerprint density at radius 2 is 2.09 bits per heavy atom. The summed E-state index contributed by atoms with van der Waals surface area (Å²) in [6, 6.07) is 7.33. The predicted molar refractivity (Wildman–Crippen MR) is 95.1 cm³/mol. The molecule has 5 nitrogen and oxygen atoms in total. The van der Waals surface area contributed by atoms with Gasteiger partial charge in [0.25, 0.3) is 5.91 Å². The van der Waals surface area contributed by atoms with Crippen LogP contribution >= 0.6 is 27.3 Å². The van der Waals surface area contributed by atoms with E-state index in [0.717, 1.165) is 27.7 Å². The van der Waals surface area contributed by atoms with Crippen molar-refractivity contribution in [2.75, 3.05) is 5.32 Å². The van der Waals surface area contributed by atoms with Crippen molar-refractivity contribution in [2.45, 2.75) is 32.6 Å². The van der Waals surface area contributed by atoms with Crippen LogP contribution in [0.3, 0.4) is 0 Å². The average Bonchev–Trinajstić information content (AvgIpc) is 3.15. The summed E-state index contributed by atoms with van der Waals surface area (Å²) in [5.41, 5.74) is 0.674. The van der Waals surface area contributed by atoms with Crippen molar-refractivity contribution in [3.63, 3.8) is 0 Å². The molecule has 7 heteroatoms. The van der Waals surface area contributed by atoms with Crippen molar-refractivity contribution < 1.29 is 9.21 Å². The maximum atomic E-state index is 12.3. The van der Waals surface area contributed by atoms with E-state index in [1.165, 1.54) is 11.3 Å². The molecular formula is C16H16BrN3O2S. The Hall–Kier alpha value is -1.73. The monoisotopic (exact) mass is 393 g/mol. The van der Waals surface area contributed by atoms with Crippen LogP contribution in [-0.4, -0.2) is 16.1 Å². The first-order valence-electron chi connectivity index (χ1n) is 7.44. The van der Waals surface area contributed by atoms with Crippen LogP contribution < -0.4 is 5.32 Å². The minimum atomic E-state index is -0.315. The SMILES string of the molecule is CCC(CC)c1nnc(NC(=O)c2cc3cc(Br)ccc3o2)s1. The summed E-state index contributed by atoms with van der Waals surface area (Å²) in [5.74, 6) is 0.337. The summed E-state index contributed by atoms with van der Waals surface area (Å²) in [6.45, 7) is 4.25. The minimum absolute atomic E-state index is 0.261. The topological polar surface area (TPSA) is 68.0 Å². The number of benzene rings is 1. The number of rotatable bonds is 5. The van der Waals surface area contributed by atoms with Gasteiger partial charge in [-0.25, -0.2) is 0 Å². The molecule has 23 heavy (non-hydrogen) atoms. The molecule has 0 fully saturated rings. The molecule has 2 aromatic heterocycles. The lowest BCUT2D eigenvalue weighted by Gasteiger charge is -2.05. The number of hydrogen-bond acceptors (Lipinski definition) is 5. The molecule has 0 spiro atoms. The van der Waals surface area contributed by atoms with Crippen LogP contribution in [0.1, 0.15) is 48.2 Å². The highest BCUT2D eigenvalue weighted by molar-refractivity contribution is 9.10. The summed E-state index contributed by atoms with van der Waals surface area (Å²) in [4.78, 5) is 12.3. The van der Waals surface area contributed by atoms with Gasteiger partial charge in [-0.3, -0.25) is 10.1 Å². The zero-order valence-electron chi connectivity index (χ0n) is 12.8. The molecule has 1 N–H and O–H groups in total. The lowest BCUT2D eigenvalue weighted by Crippen LogP contribution is -2.10. The molecule has 120 valence electrons. The van der Waals surface area contributed by atoms with Crippen molar-refractivity contribution in [3.8, 4) is 0 Å². The van der Waals surface area contributed by atoms with Crippen molar-refractivity contribution in [1.82, 2.24) is 10.2 Å². The molecule has 1 aromatic carbocycles. The smallest absolute Gasteiger partial charge is 0.293 e. The highest BCUT2D eigenvalue weighted by Crippen LogP contribution is 2.29. The van der Waals surface area contributed by atoms with E-state index in [2.05, 4.69) is 45.3 Å². The number of carbonyl (C=O) groups is 1. The fourth-order valence-electron chi connectivity index (χ4n) is 2.37. The van der Waals surface area contributed by atoms with Crippen LogP contribution in [-0.2, 0) is 0 Å². The van der Waals surface area contributed by atoms with Crippen LogP contribution in [0.4, 0.5) is 5.13 Å². The Kier molecular flexibility index (Phi) is 4.77. The lowest BCUT2D eigenvalue weighted by molar-refractivity contribution is 0.0998. The van der Waals surface area contributed by atoms with Crippen molar-refractivity contribution in [1.29, 1.82) is 0 Å². The number of furan rings is 1. The standard InChI is InChI=1S/C16H16BrN3O2S/c1-3-9(4-2)15-19-20-16(23-15)18-14(21)13-8-10-7-11(17)5-6-12(10)22-13/h5-9H,3-4H2,1-2H3,(H,18,20,21). The van der Waals surface area contributed by atoms with Gasteiger partial charge in [0.2, 0.25) is 5.13 Å². The second kappa shape index (κ2) is 6.80. The van der Waals surface area contributed by atoms with Crippen LogP contribution in [0.5, 0.6) is 0 Å². The van der Waals surface area contributed by atoms with Gasteiger partial charge in [-0.15, -0.1) is 10.2 Å². The van der Waals surface area contributed by atoms with E-state index in [1.807, 2.05) is 18.2 Å². The van der Waals surface area contributed by atoms with E-state index >= 15 is 0 Å². The quantitative estimate of drug-likeness (QED) is 0.646. The summed E-state index contributed by atoms with van der Waals surface area (Å²) < 4.78 is 6.52. The number of amides is 1. The van der Waals surface area contributed by atoms with Gasteiger partial charge in [-0.1, -0.05) is 41.1 Å². The fourth-order valence-corrected chi connectivity index (χ4v) is 3.76. The zero-order chi connectivity index (χ0) is 16.4. The first-order valence-corrected chi connectivity index (χ1v) is 9.05. The number of anilines is 1. The highest BCUT2D eigenvalue weighted by Gasteiger charge is 2.17. The number of nitrogens with one attached hydrogen (secondary N) is 1. The van der Waals surface area contributed by atoms with E-state index in [9.17, 15) is 4.79 Å². The predicted octanol–water partition coefficient (Wildman–Crippen LogP) is 5.20. The molecule has 0 saturated heterocycles. The number of nitrogens with zero attached hydrogens (tertiary/aromatic N) is 2. The van der Waals surface area contributed by atoms with Gasteiger partial charge in [0.15, 0.2) is 5.76 Å². The molecule has 0 aliphatic rings. The highest BCUT2D eigenvalue weighted by atomic mass is 79.9. The van der Waals surface area contributed by atoms with Gasteiger partial charge >= 0.3 is 0 Å². The number of halogens is 1. The number of hydrogen-bond donors (Lipinski definition) is 1. The van der Waals surface area contributed by atoms with E-state index in [-0.39, 0.29) is 11.7 Å². The summed E-state index contributed by atoms with van der Waals surface area (Å²) in [5, 5.41) is 13.3. The molecule has 3 rings (SSSR count). The maximum absolute atomic E-state index is 12.3. The van der Waals surface area contributed by atoms with Gasteiger partial charge in [0, 0.05) is 15.8 Å². The molecule has 3 aromatic rings. The second-order valence-corrected chi connectivity index (χ2v) is 7.13. The zero-order valence-corrected chi connectivity index (χ0v) is 15.2. The van der Waals surface area contributed by atoms with E-state index < -0.39 is 0 Å². The molecule has 0 unspecified atom stereocenters. The molecule has 0 bridgehead atoms. The molecular weight excluding hydrogens is 378 g/mol. The van der Waals surface area contributed by atoms with Crippen LogP contribution in [0, 0.1) is 0 Å². The van der Waals surface area contributed by atoms with Gasteiger partial charge in [-0.05, 0) is 37.1 Å². The Bertz CT molecular complexity index is 839. The van der Waals surface area contributed by atoms with Crippen molar-refractivity contribution in [3.05, 3.63) is 39.5 Å². The maximum Gasteiger partial charge on any atom is 0.293 e. The fraction of sp³-hybridized carbons (Fsp3) is 0.312. The molecule has 2 heterocycles. The number of fused-ring (bicyclic) bond motifs is 1. The van der Waals surface area contributed by atoms with Crippen LogP contribution in [0.25, 0.3) is 11.0 Å². The number of carbonyl (C=O) groups excluding carboxylic acids is 1. The first kappa shape index (κ1) is 16.1. The van der Waals surface area contributed by atoms with Gasteiger partial charge in [0.1, 0.15) is 10.6 Å². The first-order chi connectivity index (χ1) is 11.1. The largest absolute Gasteiger partial charge is 0.451 e. The van der Waals surface area contributed by atoms with Crippen LogP contribution in [0.2, 0.25) is 0 Å². The van der Waals surface area contributed by atoms with Crippen molar-refractivity contribution >= 4 is 49.3 Å². The molecule has 0 radical (unpaired) electrons. The summed E-state index contributed by atoms with van der Waals surface area (Å²) in [7, 11) is 0. The van der Waals surface area contributed by atoms with E-state index in [1.54, 1.807) is 6.07 Å². The van der Waals surface area contributed by atoms with Gasteiger partial charge < -0.3 is 4.42 Å². The summed E-state index contributed by atoms with van der Waals surface area (Å²) >= 11 is 4.82. The molecule has 0 aliphatic carbocycles. The molecule has 1 amide bonds. The number of aromatic nitrogens is 2. The van der Waals surface area contributed by atoms with Crippen molar-refractivity contribution in [2.24, 2.45) is 0 Å². The summed E-state index contributed by atoms with van der Waals surface area (Å²) in [6.07, 6.45) is 2.02. The molecule has 0 aliphatic heterocycles. The third kappa shape index (κ3) is 3.45. The van der Waals surface area contributed by atoms with Gasteiger partial charge in [0.05, 0.1) is 0 Å². The van der Waals surface area contributed by atoms with E-state index in [4.69, 9.17) is 4.42 Å². The van der Waals surface area contributed by atoms with E-state index in [0.29, 0.717) is 16.6 Å². The molecule has 0 atom stereocenters. The molecule has 0 saturated carbocycles. The average molecular weight is 394 g/mol. The minimum Gasteiger partial charge on any atom is -0.451 e. The Labute approximate surface area is 146 Å². The second-order valence-electron chi connectivity index (χ2n) is 5.21.